The molecule has 4 nitrogen and oxygen atoms in total. The normalized spacial score (nSPS) is 21.4. The van der Waals surface area contributed by atoms with Crippen LogP contribution in [0.2, 0.25) is 0 Å². The fourth-order valence-electron chi connectivity index (χ4n) is 2.93. The first-order chi connectivity index (χ1) is 8.67. The molecule has 0 saturated carbocycles. The highest BCUT2D eigenvalue weighted by Crippen LogP contribution is 2.25. The monoisotopic (exact) mass is 251 g/mol. The lowest BCUT2D eigenvalue weighted by Crippen LogP contribution is -2.19. The molecule has 2 heterocycles. The topological polar surface area (TPSA) is 39.1 Å². The molecule has 2 atom stereocenters. The molecule has 1 aromatic heterocycles. The molecule has 1 aliphatic heterocycles. The molecule has 18 heavy (non-hydrogen) atoms. The van der Waals surface area contributed by atoms with Crippen LogP contribution in [0.4, 0.5) is 0 Å². The molecule has 2 unspecified atom stereocenters. The zero-order valence-corrected chi connectivity index (χ0v) is 12.0. The first-order valence-electron chi connectivity index (χ1n) is 7.00. The summed E-state index contributed by atoms with van der Waals surface area (Å²) in [5.41, 5.74) is 3.79. The molecule has 0 bridgehead atoms. The lowest BCUT2D eigenvalue weighted by molar-refractivity contribution is 0.0933. The second-order valence-corrected chi connectivity index (χ2v) is 5.15. The van der Waals surface area contributed by atoms with Crippen LogP contribution in [0.15, 0.2) is 0 Å². The predicted octanol–water partition coefficient (Wildman–Crippen LogP) is 2.35. The Kier molecular flexibility index (Phi) is 4.40. The number of aromatic nitrogens is 2. The van der Waals surface area contributed by atoms with Crippen LogP contribution in [0, 0.1) is 13.8 Å². The Hall–Kier alpha value is -0.870. The quantitative estimate of drug-likeness (QED) is 0.873. The third-order valence-electron chi connectivity index (χ3n) is 3.94. The van der Waals surface area contributed by atoms with Crippen LogP contribution in [-0.2, 0) is 11.3 Å². The second kappa shape index (κ2) is 5.85. The largest absolute Gasteiger partial charge is 0.376 e. The van der Waals surface area contributed by atoms with Gasteiger partial charge in [-0.25, -0.2) is 0 Å². The van der Waals surface area contributed by atoms with Crippen LogP contribution in [0.1, 0.15) is 49.2 Å². The average Bonchev–Trinajstić information content (AvgIpc) is 2.94. The summed E-state index contributed by atoms with van der Waals surface area (Å²) in [6.45, 7) is 8.29. The van der Waals surface area contributed by atoms with Gasteiger partial charge in [0.15, 0.2) is 0 Å². The van der Waals surface area contributed by atoms with E-state index in [0.717, 1.165) is 31.7 Å². The van der Waals surface area contributed by atoms with Gasteiger partial charge in [0.25, 0.3) is 0 Å². The highest BCUT2D eigenvalue weighted by atomic mass is 16.5. The molecular formula is C14H25N3O. The van der Waals surface area contributed by atoms with Crippen molar-refractivity contribution in [1.82, 2.24) is 15.1 Å². The number of hydrogen-bond acceptors (Lipinski definition) is 3. The van der Waals surface area contributed by atoms with E-state index in [2.05, 4.69) is 35.9 Å². The van der Waals surface area contributed by atoms with Crippen molar-refractivity contribution in [2.45, 2.75) is 58.7 Å². The van der Waals surface area contributed by atoms with Gasteiger partial charge in [-0.05, 0) is 40.2 Å². The van der Waals surface area contributed by atoms with E-state index in [0.29, 0.717) is 12.1 Å². The van der Waals surface area contributed by atoms with Crippen molar-refractivity contribution in [2.75, 3.05) is 13.7 Å². The van der Waals surface area contributed by atoms with Crippen LogP contribution in [0.25, 0.3) is 0 Å². The SMILES string of the molecule is CCC(NC)c1c(C)nn(CC2CCCO2)c1C. The van der Waals surface area contributed by atoms with E-state index >= 15 is 0 Å². The van der Waals surface area contributed by atoms with Gasteiger partial charge in [-0.2, -0.15) is 5.10 Å². The van der Waals surface area contributed by atoms with Crippen molar-refractivity contribution < 1.29 is 4.74 Å². The van der Waals surface area contributed by atoms with Gasteiger partial charge in [0.2, 0.25) is 0 Å². The molecule has 1 saturated heterocycles. The van der Waals surface area contributed by atoms with E-state index in [1.165, 1.54) is 17.7 Å². The molecule has 0 aromatic carbocycles. The maximum Gasteiger partial charge on any atom is 0.0771 e. The Morgan fingerprint density at radius 1 is 1.50 bits per heavy atom. The van der Waals surface area contributed by atoms with Gasteiger partial charge in [0.05, 0.1) is 18.3 Å². The van der Waals surface area contributed by atoms with Crippen LogP contribution in [-0.4, -0.2) is 29.5 Å². The Balaban J connectivity index is 2.19. The number of ether oxygens (including phenoxy) is 1. The Morgan fingerprint density at radius 3 is 2.83 bits per heavy atom. The van der Waals surface area contributed by atoms with E-state index < -0.39 is 0 Å². The third-order valence-corrected chi connectivity index (χ3v) is 3.94. The van der Waals surface area contributed by atoms with Crippen molar-refractivity contribution in [3.63, 3.8) is 0 Å². The Bertz CT molecular complexity index is 390. The molecule has 1 N–H and O–H groups in total. The van der Waals surface area contributed by atoms with Gasteiger partial charge in [0, 0.05) is 23.9 Å². The van der Waals surface area contributed by atoms with E-state index in [1.54, 1.807) is 0 Å². The fraction of sp³-hybridized carbons (Fsp3) is 0.786. The number of rotatable bonds is 5. The maximum absolute atomic E-state index is 5.70. The molecule has 0 aliphatic carbocycles. The van der Waals surface area contributed by atoms with E-state index in [1.807, 2.05) is 7.05 Å². The zero-order chi connectivity index (χ0) is 13.1. The minimum atomic E-state index is 0.352. The van der Waals surface area contributed by atoms with Gasteiger partial charge in [0.1, 0.15) is 0 Å². The van der Waals surface area contributed by atoms with E-state index in [-0.39, 0.29) is 0 Å². The molecule has 102 valence electrons. The highest BCUT2D eigenvalue weighted by molar-refractivity contribution is 5.28. The standard InChI is InChI=1S/C14H25N3O/c1-5-13(15-4)14-10(2)16-17(11(14)3)9-12-7-6-8-18-12/h12-13,15H,5-9H2,1-4H3. The molecule has 0 radical (unpaired) electrons. The molecular weight excluding hydrogens is 226 g/mol. The van der Waals surface area contributed by atoms with Crippen molar-refractivity contribution in [3.8, 4) is 0 Å². The van der Waals surface area contributed by atoms with E-state index in [4.69, 9.17) is 4.74 Å². The second-order valence-electron chi connectivity index (χ2n) is 5.15. The minimum absolute atomic E-state index is 0.352. The number of nitrogens with zero attached hydrogens (tertiary/aromatic N) is 2. The third kappa shape index (κ3) is 2.59. The fourth-order valence-corrected chi connectivity index (χ4v) is 2.93. The van der Waals surface area contributed by atoms with Crippen LogP contribution >= 0.6 is 0 Å². The number of nitrogens with one attached hydrogen (secondary N) is 1. The number of hydrogen-bond donors (Lipinski definition) is 1. The van der Waals surface area contributed by atoms with Gasteiger partial charge in [-0.3, -0.25) is 4.68 Å². The summed E-state index contributed by atoms with van der Waals surface area (Å²) in [5, 5.41) is 8.06. The molecule has 0 spiro atoms. The molecule has 2 rings (SSSR count). The van der Waals surface area contributed by atoms with Gasteiger partial charge < -0.3 is 10.1 Å². The summed E-state index contributed by atoms with van der Waals surface area (Å²) in [7, 11) is 2.02. The maximum atomic E-state index is 5.70. The van der Waals surface area contributed by atoms with Gasteiger partial charge >= 0.3 is 0 Å². The molecule has 1 aromatic rings. The lowest BCUT2D eigenvalue weighted by atomic mass is 10.0. The molecule has 4 heteroatoms. The summed E-state index contributed by atoms with van der Waals surface area (Å²) in [6, 6.07) is 0.406. The zero-order valence-electron chi connectivity index (χ0n) is 12.0. The predicted molar refractivity (Wildman–Crippen MR) is 72.8 cm³/mol. The van der Waals surface area contributed by atoms with Gasteiger partial charge in [-0.15, -0.1) is 0 Å². The van der Waals surface area contributed by atoms with Crippen molar-refractivity contribution >= 4 is 0 Å². The van der Waals surface area contributed by atoms with Crippen LogP contribution < -0.4 is 5.32 Å². The smallest absolute Gasteiger partial charge is 0.0771 e. The summed E-state index contributed by atoms with van der Waals surface area (Å²) >= 11 is 0. The Morgan fingerprint density at radius 2 is 2.28 bits per heavy atom. The number of aryl methyl sites for hydroxylation is 1. The van der Waals surface area contributed by atoms with Gasteiger partial charge in [-0.1, -0.05) is 6.92 Å². The molecule has 0 amide bonds. The summed E-state index contributed by atoms with van der Waals surface area (Å²) < 4.78 is 7.82. The van der Waals surface area contributed by atoms with Crippen molar-refractivity contribution in [2.24, 2.45) is 0 Å². The Labute approximate surface area is 110 Å². The van der Waals surface area contributed by atoms with Crippen molar-refractivity contribution in [3.05, 3.63) is 17.0 Å². The van der Waals surface area contributed by atoms with Crippen LogP contribution in [0.5, 0.6) is 0 Å². The summed E-state index contributed by atoms with van der Waals surface area (Å²) in [5.74, 6) is 0. The minimum Gasteiger partial charge on any atom is -0.376 e. The molecule has 1 fully saturated rings. The first-order valence-corrected chi connectivity index (χ1v) is 7.00. The highest BCUT2D eigenvalue weighted by Gasteiger charge is 2.22. The molecule has 1 aliphatic rings. The first kappa shape index (κ1) is 13.6. The lowest BCUT2D eigenvalue weighted by Gasteiger charge is -2.15. The van der Waals surface area contributed by atoms with Crippen molar-refractivity contribution in [1.29, 1.82) is 0 Å². The van der Waals surface area contributed by atoms with E-state index in [9.17, 15) is 0 Å². The summed E-state index contributed by atoms with van der Waals surface area (Å²) in [4.78, 5) is 0. The average molecular weight is 251 g/mol. The summed E-state index contributed by atoms with van der Waals surface area (Å²) in [6.07, 6.45) is 3.79. The van der Waals surface area contributed by atoms with Crippen LogP contribution in [0.3, 0.4) is 0 Å².